The van der Waals surface area contributed by atoms with Gasteiger partial charge in [0.15, 0.2) is 0 Å². The summed E-state index contributed by atoms with van der Waals surface area (Å²) in [5.41, 5.74) is 0. The molecule has 0 heterocycles. The van der Waals surface area contributed by atoms with Gasteiger partial charge in [0, 0.05) is 6.61 Å². The molecule has 0 aliphatic carbocycles. The first-order chi connectivity index (χ1) is 1.41. The van der Waals surface area contributed by atoms with E-state index in [1.807, 2.05) is 0 Å². The van der Waals surface area contributed by atoms with Crippen molar-refractivity contribution in [3.05, 3.63) is 0 Å². The Morgan fingerprint density at radius 2 is 1.60 bits per heavy atom. The van der Waals surface area contributed by atoms with Crippen LogP contribution in [0.2, 0.25) is 0 Å². The summed E-state index contributed by atoms with van der Waals surface area (Å²) < 4.78 is 0. The van der Waals surface area contributed by atoms with E-state index in [0.29, 0.717) is 0 Å². The summed E-state index contributed by atoms with van der Waals surface area (Å²) >= 11 is 0. The molecule has 0 aromatic rings. The number of rotatable bonds is 0. The van der Waals surface area contributed by atoms with E-state index in [1.54, 1.807) is 6.92 Å². The van der Waals surface area contributed by atoms with Crippen LogP contribution in [0.15, 0.2) is 0 Å². The van der Waals surface area contributed by atoms with Crippen LogP contribution in [-0.2, 0) is 0 Å². The van der Waals surface area contributed by atoms with Crippen LogP contribution in [-0.4, -0.2) is 57.2 Å². The van der Waals surface area contributed by atoms with Crippen molar-refractivity contribution in [2.45, 2.75) is 6.92 Å². The second-order valence-corrected chi connectivity index (χ2v) is 0.316. The first kappa shape index (κ1) is 15.7. The van der Waals surface area contributed by atoms with Crippen LogP contribution in [0.3, 0.4) is 0 Å². The van der Waals surface area contributed by atoms with Crippen molar-refractivity contribution < 1.29 is 5.11 Å². The van der Waals surface area contributed by atoms with Crippen molar-refractivity contribution in [2.75, 3.05) is 6.61 Å². The van der Waals surface area contributed by atoms with Gasteiger partial charge in [-0.15, -0.1) is 24.0 Å². The summed E-state index contributed by atoms with van der Waals surface area (Å²) in [7, 11) is 0. The van der Waals surface area contributed by atoms with Crippen LogP contribution in [0.25, 0.3) is 0 Å². The van der Waals surface area contributed by atoms with E-state index in [0.717, 1.165) is 0 Å². The van der Waals surface area contributed by atoms with Crippen LogP contribution >= 0.6 is 24.0 Å². The third kappa shape index (κ3) is 22.8. The molecule has 5 heavy (non-hydrogen) atoms. The van der Waals surface area contributed by atoms with E-state index in [-0.39, 0.29) is 76.1 Å². The predicted octanol–water partition coefficient (Wildman–Crippen LogP) is -0.300. The third-order valence-corrected chi connectivity index (χ3v) is 0. The van der Waals surface area contributed by atoms with Gasteiger partial charge < -0.3 is 5.11 Å². The zero-order valence-electron chi connectivity index (χ0n) is 2.56. The molecule has 0 unspecified atom stereocenters. The van der Waals surface area contributed by atoms with Gasteiger partial charge in [-0.3, -0.25) is 0 Å². The molecule has 0 atom stereocenters. The minimum atomic E-state index is 0. The fraction of sp³-hybridized carbons (Fsp3) is 1.00. The summed E-state index contributed by atoms with van der Waals surface area (Å²) in [4.78, 5) is 0. The van der Waals surface area contributed by atoms with Crippen LogP contribution in [0.4, 0.5) is 0 Å². The normalized spacial score (nSPS) is 3.60. The summed E-state index contributed by atoms with van der Waals surface area (Å²) in [5, 5.41) is 7.57. The number of aliphatic hydroxyl groups excluding tert-OH is 1. The van der Waals surface area contributed by atoms with Gasteiger partial charge in [0.05, 0.1) is 0 Å². The van der Waals surface area contributed by atoms with Crippen molar-refractivity contribution >= 4 is 69.5 Å². The molecule has 0 radical (unpaired) electrons. The summed E-state index contributed by atoms with van der Waals surface area (Å²) in [5.74, 6) is 0. The number of hydrogen-bond acceptors (Lipinski definition) is 1. The Labute approximate surface area is 86.4 Å². The Morgan fingerprint density at radius 1 is 1.60 bits per heavy atom. The molecule has 0 saturated heterocycles. The number of hydrogen-bond donors (Lipinski definition) is 1. The van der Waals surface area contributed by atoms with E-state index in [1.165, 1.54) is 0 Å². The second kappa shape index (κ2) is 16.4. The van der Waals surface area contributed by atoms with Crippen molar-refractivity contribution in [1.29, 1.82) is 0 Å². The van der Waals surface area contributed by atoms with Gasteiger partial charge in [-0.2, -0.15) is 0 Å². The molecule has 0 amide bonds. The Morgan fingerprint density at radius 3 is 1.60 bits per heavy atom. The molecular weight excluding hydrogens is 255 g/mol. The minimum absolute atomic E-state index is 0. The molecule has 1 N–H and O–H groups in total. The van der Waals surface area contributed by atoms with Crippen molar-refractivity contribution in [3.63, 3.8) is 0 Å². The summed E-state index contributed by atoms with van der Waals surface area (Å²) in [6.45, 7) is 1.93. The van der Waals surface area contributed by atoms with E-state index >= 15 is 0 Å². The first-order valence-corrected chi connectivity index (χ1v) is 1.02. The van der Waals surface area contributed by atoms with E-state index < -0.39 is 0 Å². The standard InChI is InChI=1S/C2H6O.HI.Sr.2H/c1-2-3;;;;/h3H,2H2,1H3;1H;;;. The molecule has 0 aliphatic rings. The van der Waals surface area contributed by atoms with Crippen LogP contribution < -0.4 is 0 Å². The Balaban J connectivity index is -0.0000000200. The molecule has 0 aromatic carbocycles. The predicted molar refractivity (Wildman–Crippen MR) is 36.7 cm³/mol. The quantitative estimate of drug-likeness (QED) is 0.470. The monoisotopic (exact) mass is 264 g/mol. The number of aliphatic hydroxyl groups is 1. The van der Waals surface area contributed by atoms with Gasteiger partial charge in [-0.25, -0.2) is 0 Å². The average molecular weight is 264 g/mol. The molecule has 0 fully saturated rings. The van der Waals surface area contributed by atoms with Gasteiger partial charge in [-0.1, -0.05) is 0 Å². The molecule has 0 spiro atoms. The summed E-state index contributed by atoms with van der Waals surface area (Å²) in [6.07, 6.45) is 0. The molecular formula is C2H9IOSr. The van der Waals surface area contributed by atoms with Gasteiger partial charge in [0.25, 0.3) is 0 Å². The molecule has 0 saturated carbocycles. The Hall–Kier alpha value is 2.17. The first-order valence-electron chi connectivity index (χ1n) is 1.02. The van der Waals surface area contributed by atoms with Crippen LogP contribution in [0, 0.1) is 0 Å². The van der Waals surface area contributed by atoms with Crippen molar-refractivity contribution in [2.24, 2.45) is 0 Å². The maximum atomic E-state index is 7.57. The zero-order valence-corrected chi connectivity index (χ0v) is 4.89. The second-order valence-electron chi connectivity index (χ2n) is 0.316. The molecule has 32 valence electrons. The van der Waals surface area contributed by atoms with Crippen molar-refractivity contribution in [3.8, 4) is 0 Å². The average Bonchev–Trinajstić information content (AvgIpc) is 0.918. The SMILES string of the molecule is CCO.I.[SrH2]. The molecule has 0 aliphatic heterocycles. The van der Waals surface area contributed by atoms with Gasteiger partial charge in [0.1, 0.15) is 0 Å². The van der Waals surface area contributed by atoms with Gasteiger partial charge in [-0.05, 0) is 6.92 Å². The molecule has 0 aromatic heterocycles. The van der Waals surface area contributed by atoms with Crippen molar-refractivity contribution in [1.82, 2.24) is 0 Å². The third-order valence-electron chi connectivity index (χ3n) is 0. The van der Waals surface area contributed by atoms with E-state index in [9.17, 15) is 0 Å². The topological polar surface area (TPSA) is 20.2 Å². The molecule has 0 bridgehead atoms. The van der Waals surface area contributed by atoms with E-state index in [4.69, 9.17) is 5.11 Å². The molecule has 0 rings (SSSR count). The van der Waals surface area contributed by atoms with E-state index in [2.05, 4.69) is 0 Å². The fourth-order valence-electron chi connectivity index (χ4n) is 0. The van der Waals surface area contributed by atoms with Gasteiger partial charge in [0.2, 0.25) is 0 Å². The summed E-state index contributed by atoms with van der Waals surface area (Å²) in [6, 6.07) is 0. The zero-order chi connectivity index (χ0) is 2.71. The Kier molecular flexibility index (Phi) is 51.5. The molecule has 1 nitrogen and oxygen atoms in total. The fourth-order valence-corrected chi connectivity index (χ4v) is 0. The van der Waals surface area contributed by atoms with Crippen LogP contribution in [0.5, 0.6) is 0 Å². The molecule has 3 heteroatoms. The Bertz CT molecular complexity index is 9.61. The van der Waals surface area contributed by atoms with Crippen LogP contribution in [0.1, 0.15) is 6.92 Å². The number of halogens is 1. The maximum absolute atomic E-state index is 7.57. The van der Waals surface area contributed by atoms with Gasteiger partial charge >= 0.3 is 45.5 Å².